The van der Waals surface area contributed by atoms with Crippen molar-refractivity contribution in [3.8, 4) is 0 Å². The van der Waals surface area contributed by atoms with E-state index in [0.717, 1.165) is 11.1 Å². The molecule has 22 heavy (non-hydrogen) atoms. The number of benzene rings is 2. The number of rotatable bonds is 3. The van der Waals surface area contributed by atoms with Crippen LogP contribution in [0.3, 0.4) is 0 Å². The second-order valence-corrected chi connectivity index (χ2v) is 7.53. The normalized spacial score (nSPS) is 20.0. The van der Waals surface area contributed by atoms with E-state index in [0.29, 0.717) is 24.5 Å². The van der Waals surface area contributed by atoms with Crippen LogP contribution < -0.4 is 5.32 Å². The van der Waals surface area contributed by atoms with Gasteiger partial charge in [0.2, 0.25) is 10.0 Å². The monoisotopic (exact) mass is 316 g/mol. The van der Waals surface area contributed by atoms with E-state index in [1.165, 1.54) is 0 Å². The average molecular weight is 316 g/mol. The zero-order valence-electron chi connectivity index (χ0n) is 12.6. The van der Waals surface area contributed by atoms with Crippen LogP contribution in [0.15, 0.2) is 59.5 Å². The van der Waals surface area contributed by atoms with Crippen molar-refractivity contribution in [3.05, 3.63) is 65.7 Å². The molecule has 116 valence electrons. The Balaban J connectivity index is 1.83. The minimum absolute atomic E-state index is 0.0372. The minimum atomic E-state index is -3.43. The third-order valence-corrected chi connectivity index (χ3v) is 5.88. The van der Waals surface area contributed by atoms with Gasteiger partial charge in [-0.1, -0.05) is 48.0 Å². The fraction of sp³-hybridized carbons (Fsp3) is 0.294. The highest BCUT2D eigenvalue weighted by Gasteiger charge is 2.30. The zero-order chi connectivity index (χ0) is 15.6. The third-order valence-electron chi connectivity index (χ3n) is 4.00. The van der Waals surface area contributed by atoms with Crippen molar-refractivity contribution < 1.29 is 8.42 Å². The molecule has 0 aromatic heterocycles. The van der Waals surface area contributed by atoms with E-state index in [2.05, 4.69) is 5.32 Å². The Hall–Kier alpha value is -1.69. The van der Waals surface area contributed by atoms with Crippen LogP contribution in [0.5, 0.6) is 0 Å². The van der Waals surface area contributed by atoms with Crippen molar-refractivity contribution in [2.75, 3.05) is 19.6 Å². The zero-order valence-corrected chi connectivity index (χ0v) is 13.4. The number of hydrogen-bond donors (Lipinski definition) is 1. The summed E-state index contributed by atoms with van der Waals surface area (Å²) in [6, 6.07) is 17.1. The van der Waals surface area contributed by atoms with Crippen molar-refractivity contribution in [3.63, 3.8) is 0 Å². The molecule has 3 rings (SSSR count). The summed E-state index contributed by atoms with van der Waals surface area (Å²) in [6.45, 7) is 3.57. The van der Waals surface area contributed by atoms with E-state index in [4.69, 9.17) is 0 Å². The van der Waals surface area contributed by atoms with Gasteiger partial charge in [-0.2, -0.15) is 4.31 Å². The van der Waals surface area contributed by atoms with Gasteiger partial charge in [0.05, 0.1) is 4.90 Å². The Kier molecular flexibility index (Phi) is 4.29. The predicted octanol–water partition coefficient (Wildman–Crippen LogP) is 2.33. The van der Waals surface area contributed by atoms with E-state index in [-0.39, 0.29) is 6.04 Å². The van der Waals surface area contributed by atoms with E-state index < -0.39 is 10.0 Å². The topological polar surface area (TPSA) is 49.4 Å². The number of nitrogens with zero attached hydrogens (tertiary/aromatic N) is 1. The summed E-state index contributed by atoms with van der Waals surface area (Å²) >= 11 is 0. The van der Waals surface area contributed by atoms with Crippen molar-refractivity contribution in [2.24, 2.45) is 0 Å². The lowest BCUT2D eigenvalue weighted by molar-refractivity contribution is 0.302. The van der Waals surface area contributed by atoms with Gasteiger partial charge in [-0.3, -0.25) is 0 Å². The van der Waals surface area contributed by atoms with Gasteiger partial charge in [0.15, 0.2) is 0 Å². The van der Waals surface area contributed by atoms with Crippen molar-refractivity contribution in [1.82, 2.24) is 9.62 Å². The van der Waals surface area contributed by atoms with E-state index in [1.54, 1.807) is 16.4 Å². The Bertz CT molecular complexity index is 727. The van der Waals surface area contributed by atoms with Gasteiger partial charge in [0.25, 0.3) is 0 Å². The van der Waals surface area contributed by atoms with Crippen molar-refractivity contribution >= 4 is 10.0 Å². The molecular weight excluding hydrogens is 296 g/mol. The SMILES string of the molecule is Cc1ccc(S(=O)(=O)N2CCNC(c3ccccc3)C2)cc1. The lowest BCUT2D eigenvalue weighted by Gasteiger charge is -2.33. The van der Waals surface area contributed by atoms with Crippen LogP contribution in [0.2, 0.25) is 0 Å². The quantitative estimate of drug-likeness (QED) is 0.945. The van der Waals surface area contributed by atoms with Gasteiger partial charge in [-0.05, 0) is 24.6 Å². The Morgan fingerprint density at radius 1 is 1.05 bits per heavy atom. The third kappa shape index (κ3) is 3.06. The lowest BCUT2D eigenvalue weighted by Crippen LogP contribution is -2.48. The molecule has 1 aliphatic rings. The standard InChI is InChI=1S/C17H20N2O2S/c1-14-7-9-16(10-8-14)22(20,21)19-12-11-18-17(13-19)15-5-3-2-4-6-15/h2-10,17-18H,11-13H2,1H3. The first-order valence-electron chi connectivity index (χ1n) is 7.42. The number of aryl methyl sites for hydroxylation is 1. The van der Waals surface area contributed by atoms with Crippen molar-refractivity contribution in [1.29, 1.82) is 0 Å². The van der Waals surface area contributed by atoms with Gasteiger partial charge in [-0.25, -0.2) is 8.42 Å². The molecule has 1 atom stereocenters. The van der Waals surface area contributed by atoms with Gasteiger partial charge < -0.3 is 5.32 Å². The number of piperazine rings is 1. The van der Waals surface area contributed by atoms with Crippen LogP contribution in [0.4, 0.5) is 0 Å². The molecule has 1 N–H and O–H groups in total. The highest BCUT2D eigenvalue weighted by atomic mass is 32.2. The second kappa shape index (κ2) is 6.20. The maximum absolute atomic E-state index is 12.8. The Labute approximate surface area is 131 Å². The maximum Gasteiger partial charge on any atom is 0.243 e. The molecule has 0 bridgehead atoms. The van der Waals surface area contributed by atoms with Gasteiger partial charge in [0.1, 0.15) is 0 Å². The molecular formula is C17H20N2O2S. The summed E-state index contributed by atoms with van der Waals surface area (Å²) in [7, 11) is -3.43. The lowest BCUT2D eigenvalue weighted by atomic mass is 10.1. The minimum Gasteiger partial charge on any atom is -0.308 e. The van der Waals surface area contributed by atoms with E-state index in [9.17, 15) is 8.42 Å². The van der Waals surface area contributed by atoms with E-state index in [1.807, 2.05) is 49.4 Å². The molecule has 2 aromatic carbocycles. The molecule has 1 unspecified atom stereocenters. The van der Waals surface area contributed by atoms with Gasteiger partial charge in [-0.15, -0.1) is 0 Å². The van der Waals surface area contributed by atoms with Crippen molar-refractivity contribution in [2.45, 2.75) is 17.9 Å². The summed E-state index contributed by atoms with van der Waals surface area (Å²) in [5.41, 5.74) is 2.17. The first-order valence-corrected chi connectivity index (χ1v) is 8.86. The molecule has 0 aliphatic carbocycles. The first kappa shape index (κ1) is 15.2. The number of hydrogen-bond acceptors (Lipinski definition) is 3. The van der Waals surface area contributed by atoms with Crippen LogP contribution >= 0.6 is 0 Å². The molecule has 0 saturated carbocycles. The van der Waals surface area contributed by atoms with Crippen LogP contribution in [-0.2, 0) is 10.0 Å². The molecule has 5 heteroatoms. The fourth-order valence-corrected chi connectivity index (χ4v) is 4.16. The van der Waals surface area contributed by atoms with Crippen LogP contribution in [-0.4, -0.2) is 32.4 Å². The second-order valence-electron chi connectivity index (χ2n) is 5.59. The molecule has 1 saturated heterocycles. The van der Waals surface area contributed by atoms with Gasteiger partial charge >= 0.3 is 0 Å². The largest absolute Gasteiger partial charge is 0.308 e. The summed E-state index contributed by atoms with van der Waals surface area (Å²) in [4.78, 5) is 0.367. The first-order chi connectivity index (χ1) is 10.6. The summed E-state index contributed by atoms with van der Waals surface area (Å²) < 4.78 is 27.1. The highest BCUT2D eigenvalue weighted by Crippen LogP contribution is 2.23. The van der Waals surface area contributed by atoms with Gasteiger partial charge in [0, 0.05) is 25.7 Å². The molecule has 4 nitrogen and oxygen atoms in total. The molecule has 1 heterocycles. The number of sulfonamides is 1. The maximum atomic E-state index is 12.8. The number of nitrogens with one attached hydrogen (secondary N) is 1. The smallest absolute Gasteiger partial charge is 0.243 e. The van der Waals surface area contributed by atoms with E-state index >= 15 is 0 Å². The summed E-state index contributed by atoms with van der Waals surface area (Å²) in [5.74, 6) is 0. The average Bonchev–Trinajstić information content (AvgIpc) is 2.56. The highest BCUT2D eigenvalue weighted by molar-refractivity contribution is 7.89. The summed E-state index contributed by atoms with van der Waals surface area (Å²) in [5, 5.41) is 3.39. The Morgan fingerprint density at radius 3 is 2.41 bits per heavy atom. The molecule has 0 spiro atoms. The molecule has 1 fully saturated rings. The Morgan fingerprint density at radius 2 is 1.73 bits per heavy atom. The molecule has 0 radical (unpaired) electrons. The predicted molar refractivity (Wildman–Crippen MR) is 87.1 cm³/mol. The molecule has 1 aliphatic heterocycles. The summed E-state index contributed by atoms with van der Waals surface area (Å²) in [6.07, 6.45) is 0. The fourth-order valence-electron chi connectivity index (χ4n) is 2.71. The van der Waals surface area contributed by atoms with Crippen LogP contribution in [0, 0.1) is 6.92 Å². The molecule has 2 aromatic rings. The molecule has 0 amide bonds. The van der Waals surface area contributed by atoms with Crippen LogP contribution in [0.25, 0.3) is 0 Å². The van der Waals surface area contributed by atoms with Crippen LogP contribution in [0.1, 0.15) is 17.2 Å².